The molecule has 0 aromatic heterocycles. The lowest BCUT2D eigenvalue weighted by atomic mass is 10.1. The first-order valence-corrected chi connectivity index (χ1v) is 7.32. The van der Waals surface area contributed by atoms with E-state index < -0.39 is 0 Å². The SMILES string of the molecule is CNCC1CCN(CCOc2ccc(Br)cc2)C1. The van der Waals surface area contributed by atoms with E-state index in [-0.39, 0.29) is 0 Å². The van der Waals surface area contributed by atoms with Crippen LogP contribution in [0.15, 0.2) is 28.7 Å². The maximum atomic E-state index is 5.74. The van der Waals surface area contributed by atoms with Crippen molar-refractivity contribution in [2.45, 2.75) is 6.42 Å². The van der Waals surface area contributed by atoms with Gasteiger partial charge in [-0.3, -0.25) is 4.90 Å². The van der Waals surface area contributed by atoms with E-state index in [0.717, 1.165) is 35.8 Å². The van der Waals surface area contributed by atoms with Gasteiger partial charge in [0.05, 0.1) is 0 Å². The highest BCUT2D eigenvalue weighted by Gasteiger charge is 2.21. The summed E-state index contributed by atoms with van der Waals surface area (Å²) in [6, 6.07) is 8.01. The molecule has 18 heavy (non-hydrogen) atoms. The van der Waals surface area contributed by atoms with Gasteiger partial charge in [0.15, 0.2) is 0 Å². The second kappa shape index (κ2) is 7.12. The number of hydrogen-bond acceptors (Lipinski definition) is 3. The van der Waals surface area contributed by atoms with E-state index in [2.05, 4.69) is 26.1 Å². The molecule has 1 atom stereocenters. The molecule has 3 nitrogen and oxygen atoms in total. The van der Waals surface area contributed by atoms with Crippen molar-refractivity contribution in [3.05, 3.63) is 28.7 Å². The Bertz CT molecular complexity index is 355. The van der Waals surface area contributed by atoms with Gasteiger partial charge in [0.1, 0.15) is 12.4 Å². The molecule has 4 heteroatoms. The van der Waals surface area contributed by atoms with Crippen LogP contribution in [0.25, 0.3) is 0 Å². The fourth-order valence-corrected chi connectivity index (χ4v) is 2.66. The molecule has 1 N–H and O–H groups in total. The fourth-order valence-electron chi connectivity index (χ4n) is 2.39. The lowest BCUT2D eigenvalue weighted by Crippen LogP contribution is -2.28. The molecule has 0 aliphatic carbocycles. The monoisotopic (exact) mass is 312 g/mol. The maximum Gasteiger partial charge on any atom is 0.119 e. The lowest BCUT2D eigenvalue weighted by Gasteiger charge is -2.16. The maximum absolute atomic E-state index is 5.74. The van der Waals surface area contributed by atoms with E-state index in [9.17, 15) is 0 Å². The molecule has 0 saturated carbocycles. The van der Waals surface area contributed by atoms with E-state index in [1.54, 1.807) is 0 Å². The third-order valence-corrected chi connectivity index (χ3v) is 3.88. The normalized spacial score (nSPS) is 20.2. The summed E-state index contributed by atoms with van der Waals surface area (Å²) in [7, 11) is 2.03. The zero-order chi connectivity index (χ0) is 12.8. The summed E-state index contributed by atoms with van der Waals surface area (Å²) in [5, 5.41) is 3.26. The first-order valence-electron chi connectivity index (χ1n) is 6.53. The smallest absolute Gasteiger partial charge is 0.119 e. The molecule has 0 amide bonds. The van der Waals surface area contributed by atoms with Crippen molar-refractivity contribution in [1.29, 1.82) is 0 Å². The van der Waals surface area contributed by atoms with Crippen LogP contribution >= 0.6 is 15.9 Å². The largest absolute Gasteiger partial charge is 0.492 e. The van der Waals surface area contributed by atoms with E-state index in [1.807, 2.05) is 31.3 Å². The number of ether oxygens (including phenoxy) is 1. The Morgan fingerprint density at radius 3 is 2.89 bits per heavy atom. The van der Waals surface area contributed by atoms with Crippen molar-refractivity contribution >= 4 is 15.9 Å². The zero-order valence-corrected chi connectivity index (χ0v) is 12.4. The van der Waals surface area contributed by atoms with Gasteiger partial charge < -0.3 is 10.1 Å². The second-order valence-corrected chi connectivity index (χ2v) is 5.73. The third kappa shape index (κ3) is 4.26. The average Bonchev–Trinajstić information content (AvgIpc) is 2.80. The number of rotatable bonds is 6. The van der Waals surface area contributed by atoms with Gasteiger partial charge in [-0.2, -0.15) is 0 Å². The Morgan fingerprint density at radius 1 is 1.39 bits per heavy atom. The minimum Gasteiger partial charge on any atom is -0.492 e. The molecule has 1 unspecified atom stereocenters. The number of benzene rings is 1. The first-order chi connectivity index (χ1) is 8.78. The van der Waals surface area contributed by atoms with E-state index in [4.69, 9.17) is 4.74 Å². The standard InChI is InChI=1S/C14H21BrN2O/c1-16-10-12-6-7-17(11-12)8-9-18-14-4-2-13(15)3-5-14/h2-5,12,16H,6-11H2,1H3. The van der Waals surface area contributed by atoms with E-state index in [0.29, 0.717) is 0 Å². The Hall–Kier alpha value is -0.580. The summed E-state index contributed by atoms with van der Waals surface area (Å²) in [4.78, 5) is 2.49. The number of halogens is 1. The summed E-state index contributed by atoms with van der Waals surface area (Å²) in [5.74, 6) is 1.76. The van der Waals surface area contributed by atoms with Gasteiger partial charge >= 0.3 is 0 Å². The summed E-state index contributed by atoms with van der Waals surface area (Å²) < 4.78 is 6.83. The predicted molar refractivity (Wildman–Crippen MR) is 78.1 cm³/mol. The first kappa shape index (κ1) is 13.8. The molecule has 100 valence electrons. The van der Waals surface area contributed by atoms with Crippen LogP contribution in [0.1, 0.15) is 6.42 Å². The van der Waals surface area contributed by atoms with Crippen molar-refractivity contribution in [3.8, 4) is 5.75 Å². The van der Waals surface area contributed by atoms with Gasteiger partial charge in [0, 0.05) is 17.6 Å². The Kier molecular flexibility index (Phi) is 5.47. The summed E-state index contributed by atoms with van der Waals surface area (Å²) >= 11 is 3.42. The van der Waals surface area contributed by atoms with E-state index in [1.165, 1.54) is 19.5 Å². The molecule has 1 heterocycles. The molecule has 1 saturated heterocycles. The van der Waals surface area contributed by atoms with Crippen LogP contribution in [0.4, 0.5) is 0 Å². The van der Waals surface area contributed by atoms with Crippen molar-refractivity contribution in [3.63, 3.8) is 0 Å². The third-order valence-electron chi connectivity index (χ3n) is 3.35. The molecular formula is C14H21BrN2O. The van der Waals surface area contributed by atoms with Crippen molar-refractivity contribution < 1.29 is 4.74 Å². The highest BCUT2D eigenvalue weighted by atomic mass is 79.9. The van der Waals surface area contributed by atoms with Gasteiger partial charge in [0.25, 0.3) is 0 Å². The molecule has 0 bridgehead atoms. The summed E-state index contributed by atoms with van der Waals surface area (Å²) in [5.41, 5.74) is 0. The second-order valence-electron chi connectivity index (χ2n) is 4.82. The minimum atomic E-state index is 0.772. The van der Waals surface area contributed by atoms with Crippen LogP contribution in [0, 0.1) is 5.92 Å². The Labute approximate surface area is 118 Å². The highest BCUT2D eigenvalue weighted by Crippen LogP contribution is 2.17. The molecule has 0 radical (unpaired) electrons. The summed E-state index contributed by atoms with van der Waals surface area (Å²) in [6.07, 6.45) is 1.30. The average molecular weight is 313 g/mol. The zero-order valence-electron chi connectivity index (χ0n) is 10.9. The van der Waals surface area contributed by atoms with E-state index >= 15 is 0 Å². The molecule has 1 aromatic rings. The van der Waals surface area contributed by atoms with Crippen LogP contribution in [0.2, 0.25) is 0 Å². The van der Waals surface area contributed by atoms with Crippen molar-refractivity contribution in [2.24, 2.45) is 5.92 Å². The van der Waals surface area contributed by atoms with Crippen LogP contribution in [0.3, 0.4) is 0 Å². The van der Waals surface area contributed by atoms with Crippen LogP contribution < -0.4 is 10.1 Å². The van der Waals surface area contributed by atoms with Crippen LogP contribution in [-0.4, -0.2) is 44.7 Å². The molecule has 2 rings (SSSR count). The Balaban J connectivity index is 1.65. The summed E-state index contributed by atoms with van der Waals surface area (Å²) in [6.45, 7) is 5.33. The van der Waals surface area contributed by atoms with Gasteiger partial charge in [0.2, 0.25) is 0 Å². The van der Waals surface area contributed by atoms with Crippen LogP contribution in [-0.2, 0) is 0 Å². The topological polar surface area (TPSA) is 24.5 Å². The van der Waals surface area contributed by atoms with Gasteiger partial charge in [-0.25, -0.2) is 0 Å². The quantitative estimate of drug-likeness (QED) is 0.873. The predicted octanol–water partition coefficient (Wildman–Crippen LogP) is 2.37. The highest BCUT2D eigenvalue weighted by molar-refractivity contribution is 9.10. The number of likely N-dealkylation sites (tertiary alicyclic amines) is 1. The van der Waals surface area contributed by atoms with Gasteiger partial charge in [-0.15, -0.1) is 0 Å². The molecular weight excluding hydrogens is 292 g/mol. The minimum absolute atomic E-state index is 0.772. The molecule has 1 fully saturated rings. The molecule has 1 aliphatic heterocycles. The molecule has 1 aliphatic rings. The van der Waals surface area contributed by atoms with Crippen molar-refractivity contribution in [2.75, 3.05) is 39.8 Å². The number of nitrogens with one attached hydrogen (secondary N) is 1. The number of hydrogen-bond donors (Lipinski definition) is 1. The van der Waals surface area contributed by atoms with Crippen molar-refractivity contribution in [1.82, 2.24) is 10.2 Å². The van der Waals surface area contributed by atoms with Gasteiger partial charge in [-0.05, 0) is 56.7 Å². The molecule has 0 spiro atoms. The Morgan fingerprint density at radius 2 is 2.17 bits per heavy atom. The molecule has 1 aromatic carbocycles. The fraction of sp³-hybridized carbons (Fsp3) is 0.571. The van der Waals surface area contributed by atoms with Crippen LogP contribution in [0.5, 0.6) is 5.75 Å². The number of nitrogens with zero attached hydrogens (tertiary/aromatic N) is 1. The van der Waals surface area contributed by atoms with Gasteiger partial charge in [-0.1, -0.05) is 15.9 Å². The lowest BCUT2D eigenvalue weighted by molar-refractivity contribution is 0.232.